The van der Waals surface area contributed by atoms with Crippen LogP contribution in [0.4, 0.5) is 4.79 Å². The quantitative estimate of drug-likeness (QED) is 0.168. The number of rotatable bonds is 10. The lowest BCUT2D eigenvalue weighted by Crippen LogP contribution is -2.51. The normalized spacial score (nSPS) is 13.8. The van der Waals surface area contributed by atoms with Gasteiger partial charge in [0.25, 0.3) is 0 Å². The number of hydrogen-bond acceptors (Lipinski definition) is 4. The van der Waals surface area contributed by atoms with E-state index in [-0.39, 0.29) is 12.5 Å². The molecule has 1 aliphatic rings. The van der Waals surface area contributed by atoms with E-state index in [4.69, 9.17) is 9.47 Å². The van der Waals surface area contributed by atoms with Gasteiger partial charge in [0.05, 0.1) is 6.10 Å². The number of carbonyl (C=O) groups is 2. The van der Waals surface area contributed by atoms with Gasteiger partial charge < -0.3 is 19.9 Å². The van der Waals surface area contributed by atoms with Gasteiger partial charge in [-0.3, -0.25) is 0 Å². The van der Waals surface area contributed by atoms with Gasteiger partial charge in [-0.05, 0) is 45.9 Å². The van der Waals surface area contributed by atoms with E-state index < -0.39 is 29.8 Å². The molecule has 0 aromatic heterocycles. The number of amides is 1. The molecule has 1 aliphatic carbocycles. The molecule has 0 spiro atoms. The van der Waals surface area contributed by atoms with Crippen LogP contribution in [0.3, 0.4) is 0 Å². The van der Waals surface area contributed by atoms with Crippen LogP contribution in [0, 0.1) is 0 Å². The second-order valence-corrected chi connectivity index (χ2v) is 10.9. The van der Waals surface area contributed by atoms with E-state index in [9.17, 15) is 14.7 Å². The summed E-state index contributed by atoms with van der Waals surface area (Å²) in [5.41, 5.74) is 5.71. The zero-order valence-corrected chi connectivity index (χ0v) is 24.3. The van der Waals surface area contributed by atoms with Crippen molar-refractivity contribution in [3.63, 3.8) is 0 Å². The van der Waals surface area contributed by atoms with Crippen LogP contribution in [-0.2, 0) is 19.9 Å². The zero-order valence-electron chi connectivity index (χ0n) is 24.3. The average Bonchev–Trinajstić information content (AvgIpc) is 3.39. The van der Waals surface area contributed by atoms with E-state index in [1.165, 1.54) is 0 Å². The lowest BCUT2D eigenvalue weighted by Gasteiger charge is -2.39. The molecule has 2 N–H and O–H groups in total. The summed E-state index contributed by atoms with van der Waals surface area (Å²) in [4.78, 5) is 25.8. The van der Waals surface area contributed by atoms with Gasteiger partial charge in [-0.2, -0.15) is 0 Å². The van der Waals surface area contributed by atoms with E-state index in [0.29, 0.717) is 0 Å². The number of carboxylic acid groups (broad SMARTS) is 1. The lowest BCUT2D eigenvalue weighted by molar-refractivity contribution is -0.146. The smallest absolute Gasteiger partial charge is 0.407 e. The van der Waals surface area contributed by atoms with Crippen molar-refractivity contribution in [1.29, 1.82) is 0 Å². The van der Waals surface area contributed by atoms with Crippen LogP contribution in [0.15, 0.2) is 140 Å². The Labute approximate surface area is 256 Å². The number of carbonyl (C=O) groups excluding carboxylic acids is 1. The van der Waals surface area contributed by atoms with Crippen molar-refractivity contribution in [3.05, 3.63) is 167 Å². The summed E-state index contributed by atoms with van der Waals surface area (Å²) in [5.74, 6) is -1.37. The number of nitrogens with one attached hydrogen (secondary N) is 1. The van der Waals surface area contributed by atoms with E-state index >= 15 is 0 Å². The summed E-state index contributed by atoms with van der Waals surface area (Å²) in [5, 5.41) is 12.9. The molecule has 0 saturated heterocycles. The van der Waals surface area contributed by atoms with Crippen molar-refractivity contribution < 1.29 is 24.2 Å². The minimum atomic E-state index is -1.39. The molecule has 1 amide bonds. The molecule has 0 radical (unpaired) electrons. The lowest BCUT2D eigenvalue weighted by atomic mass is 9.79. The molecular weight excluding hydrogens is 550 g/mol. The van der Waals surface area contributed by atoms with E-state index in [2.05, 4.69) is 17.4 Å². The van der Waals surface area contributed by atoms with Gasteiger partial charge in [-0.1, -0.05) is 140 Å². The standard InChI is InChI=1S/C38H33NO5/c1-26(44-38(27-15-5-2-6-16-27,28-17-7-3-8-18-28)29-19-9-4-10-20-29)35(36(40)41)39-37(42)43-25-34-32-23-13-11-21-30(32)31-22-12-14-24-33(31)34/h2-24,26,34-35H,25H2,1H3,(H,39,42)(H,40,41)/t26?,35-/m1/s1. The maximum atomic E-state index is 13.2. The van der Waals surface area contributed by atoms with Crippen LogP contribution in [0.25, 0.3) is 11.1 Å². The van der Waals surface area contributed by atoms with Crippen molar-refractivity contribution in [2.75, 3.05) is 6.61 Å². The van der Waals surface area contributed by atoms with Crippen LogP contribution >= 0.6 is 0 Å². The van der Waals surface area contributed by atoms with Crippen LogP contribution in [0.5, 0.6) is 0 Å². The van der Waals surface area contributed by atoms with Crippen molar-refractivity contribution in [1.82, 2.24) is 5.32 Å². The molecule has 0 bridgehead atoms. The summed E-state index contributed by atoms with van der Waals surface area (Å²) in [6.45, 7) is 1.73. The van der Waals surface area contributed by atoms with Crippen molar-refractivity contribution >= 4 is 12.1 Å². The highest BCUT2D eigenvalue weighted by Gasteiger charge is 2.42. The predicted octanol–water partition coefficient (Wildman–Crippen LogP) is 7.38. The Morgan fingerprint density at radius 2 is 1.09 bits per heavy atom. The fourth-order valence-electron chi connectivity index (χ4n) is 6.22. The average molecular weight is 584 g/mol. The number of ether oxygens (including phenoxy) is 2. The molecule has 44 heavy (non-hydrogen) atoms. The van der Waals surface area contributed by atoms with Gasteiger partial charge in [-0.15, -0.1) is 0 Å². The molecule has 6 heteroatoms. The second-order valence-electron chi connectivity index (χ2n) is 10.9. The Morgan fingerprint density at radius 1 is 0.682 bits per heavy atom. The summed E-state index contributed by atoms with van der Waals surface area (Å²) in [6, 6.07) is 43.8. The Balaban J connectivity index is 1.26. The summed E-state index contributed by atoms with van der Waals surface area (Å²) in [7, 11) is 0. The molecule has 5 aromatic rings. The van der Waals surface area contributed by atoms with E-state index in [1.807, 2.05) is 127 Å². The Morgan fingerprint density at radius 3 is 1.52 bits per heavy atom. The minimum absolute atomic E-state index is 0.0728. The number of alkyl carbamates (subject to hydrolysis) is 1. The van der Waals surface area contributed by atoms with E-state index in [1.54, 1.807) is 6.92 Å². The molecule has 5 aromatic carbocycles. The molecule has 0 heterocycles. The first-order valence-corrected chi connectivity index (χ1v) is 14.7. The Hall–Kier alpha value is -5.20. The third kappa shape index (κ3) is 5.48. The third-order valence-electron chi connectivity index (χ3n) is 8.26. The monoisotopic (exact) mass is 583 g/mol. The zero-order chi connectivity index (χ0) is 30.5. The third-order valence-corrected chi connectivity index (χ3v) is 8.26. The maximum absolute atomic E-state index is 13.2. The second kappa shape index (κ2) is 12.6. The predicted molar refractivity (Wildman–Crippen MR) is 169 cm³/mol. The number of carboxylic acids is 1. The van der Waals surface area contributed by atoms with Crippen LogP contribution in [-0.4, -0.2) is 35.9 Å². The van der Waals surface area contributed by atoms with Crippen molar-refractivity contribution in [2.45, 2.75) is 30.6 Å². The van der Waals surface area contributed by atoms with Gasteiger partial charge in [0.15, 0.2) is 6.04 Å². The van der Waals surface area contributed by atoms with Gasteiger partial charge >= 0.3 is 12.1 Å². The summed E-state index contributed by atoms with van der Waals surface area (Å²) >= 11 is 0. The van der Waals surface area contributed by atoms with E-state index in [0.717, 1.165) is 38.9 Å². The molecule has 0 saturated carbocycles. The first-order valence-electron chi connectivity index (χ1n) is 14.7. The molecule has 6 rings (SSSR count). The first kappa shape index (κ1) is 28.9. The first-order chi connectivity index (χ1) is 21.5. The molecule has 0 fully saturated rings. The van der Waals surface area contributed by atoms with Gasteiger partial charge in [0.2, 0.25) is 0 Å². The highest BCUT2D eigenvalue weighted by molar-refractivity contribution is 5.81. The molecule has 0 aliphatic heterocycles. The SMILES string of the molecule is CC(OC(c1ccccc1)(c1ccccc1)c1ccccc1)[C@@H](NC(=O)OCC1c2ccccc2-c2ccccc21)C(=O)O. The van der Waals surface area contributed by atoms with Crippen LogP contribution in [0.1, 0.15) is 40.7 Å². The van der Waals surface area contributed by atoms with Crippen molar-refractivity contribution in [3.8, 4) is 11.1 Å². The fraction of sp³-hybridized carbons (Fsp3) is 0.158. The Kier molecular flexibility index (Phi) is 8.26. The summed E-state index contributed by atoms with van der Waals surface area (Å²) in [6.07, 6.45) is -1.78. The van der Waals surface area contributed by atoms with Gasteiger partial charge in [-0.25, -0.2) is 9.59 Å². The molecular formula is C38H33NO5. The maximum Gasteiger partial charge on any atom is 0.407 e. The van der Waals surface area contributed by atoms with Gasteiger partial charge in [0, 0.05) is 5.92 Å². The summed E-state index contributed by atoms with van der Waals surface area (Å²) < 4.78 is 12.5. The topological polar surface area (TPSA) is 84.9 Å². The number of aliphatic carboxylic acids is 1. The number of hydrogen-bond donors (Lipinski definition) is 2. The van der Waals surface area contributed by atoms with Crippen molar-refractivity contribution in [2.24, 2.45) is 0 Å². The highest BCUT2D eigenvalue weighted by atomic mass is 16.6. The Bertz CT molecular complexity index is 1600. The van der Waals surface area contributed by atoms with Crippen LogP contribution < -0.4 is 5.32 Å². The molecule has 1 unspecified atom stereocenters. The fourth-order valence-corrected chi connectivity index (χ4v) is 6.22. The molecule has 6 nitrogen and oxygen atoms in total. The largest absolute Gasteiger partial charge is 0.480 e. The highest BCUT2D eigenvalue weighted by Crippen LogP contribution is 2.45. The number of fused-ring (bicyclic) bond motifs is 3. The van der Waals surface area contributed by atoms with Gasteiger partial charge in [0.1, 0.15) is 12.2 Å². The molecule has 2 atom stereocenters. The molecule has 220 valence electrons. The minimum Gasteiger partial charge on any atom is -0.480 e. The van der Waals surface area contributed by atoms with Crippen LogP contribution in [0.2, 0.25) is 0 Å². The number of benzene rings is 5.